The van der Waals surface area contributed by atoms with Crippen molar-refractivity contribution in [3.63, 3.8) is 0 Å². The monoisotopic (exact) mass is 262 g/mol. The summed E-state index contributed by atoms with van der Waals surface area (Å²) in [6.07, 6.45) is 1.67. The van der Waals surface area contributed by atoms with Crippen LogP contribution < -0.4 is 10.1 Å². The molecule has 0 radical (unpaired) electrons. The van der Waals surface area contributed by atoms with Gasteiger partial charge in [0.25, 0.3) is 0 Å². The second-order valence-electron chi connectivity index (χ2n) is 4.70. The fraction of sp³-hybridized carbons (Fsp3) is 0.533. The normalized spacial score (nSPS) is 13.6. The van der Waals surface area contributed by atoms with Crippen molar-refractivity contribution in [2.24, 2.45) is 0 Å². The van der Waals surface area contributed by atoms with Crippen LogP contribution in [0.3, 0.4) is 0 Å². The topological polar surface area (TPSA) is 65.3 Å². The van der Waals surface area contributed by atoms with Gasteiger partial charge >= 0.3 is 0 Å². The molecule has 0 aliphatic carbocycles. The summed E-state index contributed by atoms with van der Waals surface area (Å²) >= 11 is 0. The van der Waals surface area contributed by atoms with E-state index in [9.17, 15) is 5.11 Å². The molecule has 0 bridgehead atoms. The lowest BCUT2D eigenvalue weighted by molar-refractivity contribution is 0.104. The van der Waals surface area contributed by atoms with Crippen LogP contribution in [0.5, 0.6) is 5.75 Å². The quantitative estimate of drug-likeness (QED) is 0.753. The van der Waals surface area contributed by atoms with Crippen LogP contribution in [0.25, 0.3) is 0 Å². The first kappa shape index (κ1) is 15.5. The molecule has 104 valence electrons. The number of nitrogens with one attached hydrogen (secondary N) is 1. The van der Waals surface area contributed by atoms with E-state index in [-0.39, 0.29) is 6.61 Å². The van der Waals surface area contributed by atoms with Gasteiger partial charge in [-0.05, 0) is 31.5 Å². The number of aliphatic hydroxyl groups is 1. The maximum absolute atomic E-state index is 9.80. The maximum atomic E-state index is 9.80. The van der Waals surface area contributed by atoms with Gasteiger partial charge in [0, 0.05) is 12.6 Å². The molecule has 0 spiro atoms. The molecule has 0 heterocycles. The highest BCUT2D eigenvalue weighted by molar-refractivity contribution is 5.36. The predicted molar refractivity (Wildman–Crippen MR) is 75.0 cm³/mol. The average Bonchev–Trinajstić information content (AvgIpc) is 2.43. The van der Waals surface area contributed by atoms with Crippen molar-refractivity contribution in [2.75, 3.05) is 13.2 Å². The smallest absolute Gasteiger partial charge is 0.120 e. The molecule has 0 saturated heterocycles. The molecule has 0 aromatic heterocycles. The average molecular weight is 262 g/mol. The first-order chi connectivity index (χ1) is 9.15. The van der Waals surface area contributed by atoms with Gasteiger partial charge in [-0.25, -0.2) is 0 Å². The maximum Gasteiger partial charge on any atom is 0.120 e. The largest absolute Gasteiger partial charge is 0.491 e. The van der Waals surface area contributed by atoms with Crippen LogP contribution in [-0.2, 0) is 0 Å². The standard InChI is InChI=1S/C15H22N2O2/c1-3-5-12(2)17-10-14(18)11-19-15-7-4-6-13(8-15)9-16/h4,6-8,12,14,17-18H,3,5,10-11H2,1-2H3. The van der Waals surface area contributed by atoms with Crippen LogP contribution in [0.1, 0.15) is 32.3 Å². The van der Waals surface area contributed by atoms with E-state index in [1.54, 1.807) is 24.3 Å². The molecule has 0 fully saturated rings. The Morgan fingerprint density at radius 2 is 2.26 bits per heavy atom. The third kappa shape index (κ3) is 6.23. The van der Waals surface area contributed by atoms with Crippen molar-refractivity contribution < 1.29 is 9.84 Å². The lowest BCUT2D eigenvalue weighted by Crippen LogP contribution is -2.36. The first-order valence-corrected chi connectivity index (χ1v) is 6.70. The van der Waals surface area contributed by atoms with Gasteiger partial charge in [0.2, 0.25) is 0 Å². The zero-order valence-electron chi connectivity index (χ0n) is 11.6. The molecule has 19 heavy (non-hydrogen) atoms. The van der Waals surface area contributed by atoms with E-state index in [4.69, 9.17) is 10.00 Å². The van der Waals surface area contributed by atoms with Crippen LogP contribution in [0.4, 0.5) is 0 Å². The molecule has 0 saturated carbocycles. The van der Waals surface area contributed by atoms with Gasteiger partial charge < -0.3 is 15.2 Å². The summed E-state index contributed by atoms with van der Waals surface area (Å²) in [5.74, 6) is 0.611. The number of nitriles is 1. The number of benzene rings is 1. The van der Waals surface area contributed by atoms with Gasteiger partial charge in [-0.1, -0.05) is 19.4 Å². The van der Waals surface area contributed by atoms with Crippen LogP contribution in [0, 0.1) is 11.3 Å². The second-order valence-corrected chi connectivity index (χ2v) is 4.70. The minimum atomic E-state index is -0.551. The van der Waals surface area contributed by atoms with Crippen LogP contribution in [0.2, 0.25) is 0 Å². The van der Waals surface area contributed by atoms with Crippen molar-refractivity contribution in [2.45, 2.75) is 38.8 Å². The van der Waals surface area contributed by atoms with E-state index in [0.29, 0.717) is 23.9 Å². The van der Waals surface area contributed by atoms with E-state index < -0.39 is 6.10 Å². The predicted octanol–water partition coefficient (Wildman–Crippen LogP) is 2.08. The van der Waals surface area contributed by atoms with Gasteiger partial charge in [0.15, 0.2) is 0 Å². The third-order valence-corrected chi connectivity index (χ3v) is 2.83. The van der Waals surface area contributed by atoms with E-state index >= 15 is 0 Å². The second kappa shape index (κ2) is 8.52. The van der Waals surface area contributed by atoms with E-state index in [1.807, 2.05) is 0 Å². The number of hydrogen-bond donors (Lipinski definition) is 2. The van der Waals surface area contributed by atoms with E-state index in [1.165, 1.54) is 0 Å². The van der Waals surface area contributed by atoms with Crippen molar-refractivity contribution in [1.82, 2.24) is 5.32 Å². The minimum absolute atomic E-state index is 0.223. The summed E-state index contributed by atoms with van der Waals surface area (Å²) in [4.78, 5) is 0. The molecule has 2 N–H and O–H groups in total. The Balaban J connectivity index is 2.29. The van der Waals surface area contributed by atoms with E-state index in [2.05, 4.69) is 25.2 Å². The molecule has 4 heteroatoms. The summed E-state index contributed by atoms with van der Waals surface area (Å²) in [6, 6.07) is 9.39. The summed E-state index contributed by atoms with van der Waals surface area (Å²) < 4.78 is 5.46. The Bertz CT molecular complexity index is 415. The summed E-state index contributed by atoms with van der Waals surface area (Å²) in [7, 11) is 0. The van der Waals surface area contributed by atoms with Gasteiger partial charge in [-0.2, -0.15) is 5.26 Å². The molecule has 1 aromatic carbocycles. The molecule has 0 aliphatic rings. The fourth-order valence-electron chi connectivity index (χ4n) is 1.78. The summed E-state index contributed by atoms with van der Waals surface area (Å²) in [6.45, 7) is 4.98. The lowest BCUT2D eigenvalue weighted by atomic mass is 10.2. The molecular weight excluding hydrogens is 240 g/mol. The molecule has 2 atom stereocenters. The number of ether oxygens (including phenoxy) is 1. The van der Waals surface area contributed by atoms with Crippen molar-refractivity contribution >= 4 is 0 Å². The van der Waals surface area contributed by atoms with Crippen LogP contribution >= 0.6 is 0 Å². The third-order valence-electron chi connectivity index (χ3n) is 2.83. The van der Waals surface area contributed by atoms with Gasteiger partial charge in [0.05, 0.1) is 11.6 Å². The zero-order valence-corrected chi connectivity index (χ0v) is 11.6. The van der Waals surface area contributed by atoms with Crippen LogP contribution in [-0.4, -0.2) is 30.4 Å². The Hall–Kier alpha value is -1.57. The molecule has 1 aromatic rings. The lowest BCUT2D eigenvalue weighted by Gasteiger charge is -2.17. The highest BCUT2D eigenvalue weighted by Crippen LogP contribution is 2.12. The molecule has 4 nitrogen and oxygen atoms in total. The van der Waals surface area contributed by atoms with Gasteiger partial charge in [-0.3, -0.25) is 0 Å². The number of aliphatic hydroxyl groups excluding tert-OH is 1. The van der Waals surface area contributed by atoms with Crippen molar-refractivity contribution in [3.8, 4) is 11.8 Å². The molecule has 1 rings (SSSR count). The minimum Gasteiger partial charge on any atom is -0.491 e. The first-order valence-electron chi connectivity index (χ1n) is 6.70. The highest BCUT2D eigenvalue weighted by Gasteiger charge is 2.07. The molecule has 0 aliphatic heterocycles. The molecule has 2 unspecified atom stereocenters. The van der Waals surface area contributed by atoms with Gasteiger partial charge in [-0.15, -0.1) is 0 Å². The Morgan fingerprint density at radius 1 is 1.47 bits per heavy atom. The zero-order chi connectivity index (χ0) is 14.1. The van der Waals surface area contributed by atoms with Crippen molar-refractivity contribution in [1.29, 1.82) is 5.26 Å². The van der Waals surface area contributed by atoms with E-state index in [0.717, 1.165) is 12.8 Å². The Morgan fingerprint density at radius 3 is 2.95 bits per heavy atom. The van der Waals surface area contributed by atoms with Gasteiger partial charge in [0.1, 0.15) is 18.5 Å². The summed E-state index contributed by atoms with van der Waals surface area (Å²) in [5.41, 5.74) is 0.557. The fourth-order valence-corrected chi connectivity index (χ4v) is 1.78. The summed E-state index contributed by atoms with van der Waals surface area (Å²) in [5, 5.41) is 21.8. The Kier molecular flexibility index (Phi) is 6.94. The molecular formula is C15H22N2O2. The highest BCUT2D eigenvalue weighted by atomic mass is 16.5. The Labute approximate surface area is 115 Å². The number of rotatable bonds is 8. The van der Waals surface area contributed by atoms with Crippen molar-refractivity contribution in [3.05, 3.63) is 29.8 Å². The van der Waals surface area contributed by atoms with Crippen LogP contribution in [0.15, 0.2) is 24.3 Å². The molecule has 0 amide bonds. The SMILES string of the molecule is CCCC(C)NCC(O)COc1cccc(C#N)c1. The number of hydrogen-bond acceptors (Lipinski definition) is 4. The number of nitrogens with zero attached hydrogens (tertiary/aromatic N) is 1.